The number of amides is 1. The quantitative estimate of drug-likeness (QED) is 0.816. The average molecular weight is 228 g/mol. The zero-order valence-electron chi connectivity index (χ0n) is 9.36. The smallest absolute Gasteiger partial charge is 0.251 e. The second kappa shape index (κ2) is 4.65. The standard InChI is InChI=1S/C13H12N2O2/c1-14-13(17)11-4-2-3-9(7-11)10-5-6-15-12(16)8-10/h2-8H,1H3,(H,14,17)(H,15,16). The summed E-state index contributed by atoms with van der Waals surface area (Å²) in [7, 11) is 1.59. The first-order chi connectivity index (χ1) is 8.20. The van der Waals surface area contributed by atoms with E-state index in [1.54, 1.807) is 37.5 Å². The molecule has 1 aromatic carbocycles. The lowest BCUT2D eigenvalue weighted by Crippen LogP contribution is -2.17. The van der Waals surface area contributed by atoms with Gasteiger partial charge in [0.1, 0.15) is 0 Å². The summed E-state index contributed by atoms with van der Waals surface area (Å²) in [5.41, 5.74) is 2.05. The summed E-state index contributed by atoms with van der Waals surface area (Å²) in [6.45, 7) is 0. The van der Waals surface area contributed by atoms with Gasteiger partial charge in [0.15, 0.2) is 0 Å². The number of pyridine rings is 1. The zero-order valence-corrected chi connectivity index (χ0v) is 9.36. The van der Waals surface area contributed by atoms with Crippen molar-refractivity contribution >= 4 is 5.91 Å². The Labute approximate surface area is 98.3 Å². The first kappa shape index (κ1) is 11.1. The molecular formula is C13H12N2O2. The molecular weight excluding hydrogens is 216 g/mol. The van der Waals surface area contributed by atoms with Crippen LogP contribution in [0.2, 0.25) is 0 Å². The molecule has 0 spiro atoms. The molecule has 0 aliphatic rings. The number of aromatic nitrogens is 1. The van der Waals surface area contributed by atoms with Crippen LogP contribution in [0.1, 0.15) is 10.4 Å². The van der Waals surface area contributed by atoms with E-state index in [4.69, 9.17) is 0 Å². The van der Waals surface area contributed by atoms with Crippen LogP contribution < -0.4 is 10.9 Å². The van der Waals surface area contributed by atoms with Crippen LogP contribution in [0.15, 0.2) is 47.4 Å². The van der Waals surface area contributed by atoms with Gasteiger partial charge in [-0.15, -0.1) is 0 Å². The minimum atomic E-state index is -0.159. The van der Waals surface area contributed by atoms with Crippen molar-refractivity contribution in [2.75, 3.05) is 7.05 Å². The van der Waals surface area contributed by atoms with Gasteiger partial charge in [0.05, 0.1) is 0 Å². The number of hydrogen-bond donors (Lipinski definition) is 2. The summed E-state index contributed by atoms with van der Waals surface area (Å²) in [4.78, 5) is 25.2. The Morgan fingerprint density at radius 1 is 1.18 bits per heavy atom. The molecule has 0 unspecified atom stereocenters. The highest BCUT2D eigenvalue weighted by Crippen LogP contribution is 2.18. The lowest BCUT2D eigenvalue weighted by atomic mass is 10.0. The summed E-state index contributed by atoms with van der Waals surface area (Å²) in [5, 5.41) is 2.56. The van der Waals surface area contributed by atoms with E-state index in [9.17, 15) is 9.59 Å². The molecule has 0 aliphatic carbocycles. The van der Waals surface area contributed by atoms with Gasteiger partial charge in [-0.3, -0.25) is 9.59 Å². The van der Waals surface area contributed by atoms with Crippen molar-refractivity contribution in [3.63, 3.8) is 0 Å². The molecule has 1 aromatic heterocycles. The molecule has 0 saturated carbocycles. The number of aromatic amines is 1. The third-order valence-corrected chi connectivity index (χ3v) is 2.46. The van der Waals surface area contributed by atoms with Crippen LogP contribution in [0.3, 0.4) is 0 Å². The SMILES string of the molecule is CNC(=O)c1cccc(-c2cc[nH]c(=O)c2)c1. The van der Waals surface area contributed by atoms with Crippen LogP contribution in [0, 0.1) is 0 Å². The van der Waals surface area contributed by atoms with E-state index in [1.807, 2.05) is 6.07 Å². The Morgan fingerprint density at radius 3 is 2.65 bits per heavy atom. The van der Waals surface area contributed by atoms with E-state index in [1.165, 1.54) is 6.07 Å². The van der Waals surface area contributed by atoms with E-state index in [0.717, 1.165) is 11.1 Å². The molecule has 0 radical (unpaired) electrons. The van der Waals surface area contributed by atoms with Gasteiger partial charge in [0.25, 0.3) is 5.91 Å². The van der Waals surface area contributed by atoms with E-state index in [2.05, 4.69) is 10.3 Å². The molecule has 1 amide bonds. The van der Waals surface area contributed by atoms with Crippen LogP contribution in [0.5, 0.6) is 0 Å². The third-order valence-electron chi connectivity index (χ3n) is 2.46. The van der Waals surface area contributed by atoms with Crippen LogP contribution in [-0.2, 0) is 0 Å². The number of nitrogens with one attached hydrogen (secondary N) is 2. The first-order valence-electron chi connectivity index (χ1n) is 5.22. The van der Waals surface area contributed by atoms with Crippen LogP contribution in [-0.4, -0.2) is 17.9 Å². The van der Waals surface area contributed by atoms with E-state index in [-0.39, 0.29) is 11.5 Å². The van der Waals surface area contributed by atoms with Gasteiger partial charge in [-0.2, -0.15) is 0 Å². The molecule has 1 heterocycles. The fourth-order valence-electron chi connectivity index (χ4n) is 1.61. The maximum Gasteiger partial charge on any atom is 0.251 e. The molecule has 0 fully saturated rings. The molecule has 86 valence electrons. The normalized spacial score (nSPS) is 9.94. The predicted octanol–water partition coefficient (Wildman–Crippen LogP) is 1.40. The molecule has 4 heteroatoms. The molecule has 2 aromatic rings. The molecule has 2 N–H and O–H groups in total. The van der Waals surface area contributed by atoms with Gasteiger partial charge in [-0.25, -0.2) is 0 Å². The first-order valence-corrected chi connectivity index (χ1v) is 5.22. The van der Waals surface area contributed by atoms with Crippen molar-refractivity contribution in [2.45, 2.75) is 0 Å². The van der Waals surface area contributed by atoms with Crippen LogP contribution in [0.4, 0.5) is 0 Å². The number of H-pyrrole nitrogens is 1. The molecule has 4 nitrogen and oxygen atoms in total. The van der Waals surface area contributed by atoms with Crippen molar-refractivity contribution in [3.05, 3.63) is 58.5 Å². The van der Waals surface area contributed by atoms with Crippen molar-refractivity contribution in [2.24, 2.45) is 0 Å². The van der Waals surface area contributed by atoms with Crippen LogP contribution >= 0.6 is 0 Å². The Balaban J connectivity index is 2.46. The third kappa shape index (κ3) is 2.42. The van der Waals surface area contributed by atoms with Crippen molar-refractivity contribution in [1.29, 1.82) is 0 Å². The second-order valence-electron chi connectivity index (χ2n) is 3.60. The Kier molecular flexibility index (Phi) is 3.05. The summed E-state index contributed by atoms with van der Waals surface area (Å²) in [5.74, 6) is -0.142. The molecule has 0 saturated heterocycles. The largest absolute Gasteiger partial charge is 0.355 e. The number of carbonyl (C=O) groups excluding carboxylic acids is 1. The number of carbonyl (C=O) groups is 1. The lowest BCUT2D eigenvalue weighted by molar-refractivity contribution is 0.0963. The predicted molar refractivity (Wildman–Crippen MR) is 65.9 cm³/mol. The maximum absolute atomic E-state index is 11.5. The van der Waals surface area contributed by atoms with Crippen molar-refractivity contribution in [1.82, 2.24) is 10.3 Å². The highest BCUT2D eigenvalue weighted by atomic mass is 16.1. The minimum absolute atomic E-state index is 0.142. The Morgan fingerprint density at radius 2 is 1.94 bits per heavy atom. The summed E-state index contributed by atoms with van der Waals surface area (Å²) in [6, 6.07) is 10.4. The van der Waals surface area contributed by atoms with Gasteiger partial charge in [0.2, 0.25) is 5.56 Å². The summed E-state index contributed by atoms with van der Waals surface area (Å²) < 4.78 is 0. The fraction of sp³-hybridized carbons (Fsp3) is 0.0769. The Bertz CT molecular complexity index is 602. The second-order valence-corrected chi connectivity index (χ2v) is 3.60. The maximum atomic E-state index is 11.5. The number of hydrogen-bond acceptors (Lipinski definition) is 2. The van der Waals surface area contributed by atoms with Crippen LogP contribution in [0.25, 0.3) is 11.1 Å². The average Bonchev–Trinajstić information content (AvgIpc) is 2.38. The van der Waals surface area contributed by atoms with Gasteiger partial charge in [-0.05, 0) is 29.3 Å². The Hall–Kier alpha value is -2.36. The number of rotatable bonds is 2. The lowest BCUT2D eigenvalue weighted by Gasteiger charge is -2.04. The molecule has 17 heavy (non-hydrogen) atoms. The van der Waals surface area contributed by atoms with Crippen molar-refractivity contribution in [3.8, 4) is 11.1 Å². The molecule has 0 atom stereocenters. The van der Waals surface area contributed by atoms with E-state index in [0.29, 0.717) is 5.56 Å². The summed E-state index contributed by atoms with van der Waals surface area (Å²) >= 11 is 0. The van der Waals surface area contributed by atoms with Gasteiger partial charge in [0, 0.05) is 24.9 Å². The zero-order chi connectivity index (χ0) is 12.3. The van der Waals surface area contributed by atoms with E-state index < -0.39 is 0 Å². The van der Waals surface area contributed by atoms with Crippen molar-refractivity contribution < 1.29 is 4.79 Å². The van der Waals surface area contributed by atoms with Gasteiger partial charge >= 0.3 is 0 Å². The monoisotopic (exact) mass is 228 g/mol. The molecule has 2 rings (SSSR count). The van der Waals surface area contributed by atoms with Gasteiger partial charge in [-0.1, -0.05) is 12.1 Å². The number of benzene rings is 1. The topological polar surface area (TPSA) is 62.0 Å². The molecule has 0 bridgehead atoms. The van der Waals surface area contributed by atoms with E-state index >= 15 is 0 Å². The van der Waals surface area contributed by atoms with Gasteiger partial charge < -0.3 is 10.3 Å². The fourth-order valence-corrected chi connectivity index (χ4v) is 1.61. The minimum Gasteiger partial charge on any atom is -0.355 e. The highest BCUT2D eigenvalue weighted by molar-refractivity contribution is 5.95. The molecule has 0 aliphatic heterocycles. The highest BCUT2D eigenvalue weighted by Gasteiger charge is 2.04. The summed E-state index contributed by atoms with van der Waals surface area (Å²) in [6.07, 6.45) is 1.59.